The highest BCUT2D eigenvalue weighted by molar-refractivity contribution is 5.81. The lowest BCUT2D eigenvalue weighted by Crippen LogP contribution is -2.41. The Morgan fingerprint density at radius 1 is 1.28 bits per heavy atom. The van der Waals surface area contributed by atoms with Crippen LogP contribution in [0.3, 0.4) is 0 Å². The first-order valence-corrected chi connectivity index (χ1v) is 6.49. The largest absolute Gasteiger partial charge is 0.342 e. The molecule has 0 spiro atoms. The normalized spacial score (nSPS) is 23.6. The molecule has 96 valence electrons. The second-order valence-corrected chi connectivity index (χ2v) is 5.65. The second kappa shape index (κ2) is 4.09. The number of nitrogens with zero attached hydrogens (tertiary/aromatic N) is 2. The molecule has 0 aliphatic heterocycles. The summed E-state index contributed by atoms with van der Waals surface area (Å²) in [6.07, 6.45) is 4.26. The minimum absolute atomic E-state index is 0.0942. The molecule has 1 fully saturated rings. The van der Waals surface area contributed by atoms with Crippen LogP contribution in [0.4, 0.5) is 4.39 Å². The number of benzene rings is 1. The highest BCUT2D eigenvalue weighted by Gasteiger charge is 2.32. The standard InChI is InChI=1S/C15H19FN2/c1-10-6-11-4-5-18(15(11)14(16)7-10)13-8-12(9-13)17(2)3/h4-7,12-13H,8-9H2,1-3H3. The number of hydrogen-bond donors (Lipinski definition) is 0. The SMILES string of the molecule is Cc1cc(F)c2c(ccn2C2CC(N(C)C)C2)c1. The molecule has 1 aliphatic carbocycles. The van der Waals surface area contributed by atoms with Crippen LogP contribution in [0.2, 0.25) is 0 Å². The molecule has 0 radical (unpaired) electrons. The van der Waals surface area contributed by atoms with Crippen LogP contribution in [0.25, 0.3) is 10.9 Å². The van der Waals surface area contributed by atoms with Gasteiger partial charge in [-0.1, -0.05) is 0 Å². The molecular weight excluding hydrogens is 227 g/mol. The Hall–Kier alpha value is -1.35. The van der Waals surface area contributed by atoms with Crippen LogP contribution >= 0.6 is 0 Å². The van der Waals surface area contributed by atoms with Gasteiger partial charge in [0, 0.05) is 23.7 Å². The van der Waals surface area contributed by atoms with Gasteiger partial charge < -0.3 is 9.47 Å². The molecule has 0 N–H and O–H groups in total. The summed E-state index contributed by atoms with van der Waals surface area (Å²) in [6, 6.07) is 6.79. The van der Waals surface area contributed by atoms with Gasteiger partial charge in [-0.2, -0.15) is 0 Å². The summed E-state index contributed by atoms with van der Waals surface area (Å²) in [5, 5.41) is 1.01. The maximum absolute atomic E-state index is 14.1. The lowest BCUT2D eigenvalue weighted by Gasteiger charge is -2.40. The summed E-state index contributed by atoms with van der Waals surface area (Å²) in [5.74, 6) is -0.0942. The summed E-state index contributed by atoms with van der Waals surface area (Å²) in [7, 11) is 4.22. The van der Waals surface area contributed by atoms with Gasteiger partial charge in [-0.15, -0.1) is 0 Å². The van der Waals surface area contributed by atoms with Crippen LogP contribution in [-0.2, 0) is 0 Å². The fourth-order valence-electron chi connectivity index (χ4n) is 2.91. The lowest BCUT2D eigenvalue weighted by atomic mass is 9.85. The fourth-order valence-corrected chi connectivity index (χ4v) is 2.91. The number of fused-ring (bicyclic) bond motifs is 1. The maximum atomic E-state index is 14.1. The van der Waals surface area contributed by atoms with Crippen molar-refractivity contribution in [3.05, 3.63) is 35.8 Å². The summed E-state index contributed by atoms with van der Waals surface area (Å²) >= 11 is 0. The number of aromatic nitrogens is 1. The predicted octanol–water partition coefficient (Wildman–Crippen LogP) is 3.35. The van der Waals surface area contributed by atoms with Crippen molar-refractivity contribution in [1.29, 1.82) is 0 Å². The van der Waals surface area contributed by atoms with E-state index in [1.807, 2.05) is 19.2 Å². The molecule has 1 aromatic heterocycles. The summed E-state index contributed by atoms with van der Waals surface area (Å²) in [4.78, 5) is 2.25. The van der Waals surface area contributed by atoms with Crippen molar-refractivity contribution in [2.24, 2.45) is 0 Å². The topological polar surface area (TPSA) is 8.17 Å². The van der Waals surface area contributed by atoms with Crippen LogP contribution in [0.5, 0.6) is 0 Å². The van der Waals surface area contributed by atoms with Crippen molar-refractivity contribution in [1.82, 2.24) is 9.47 Å². The predicted molar refractivity (Wildman–Crippen MR) is 72.4 cm³/mol. The van der Waals surface area contributed by atoms with Crippen molar-refractivity contribution in [3.8, 4) is 0 Å². The average molecular weight is 246 g/mol. The Labute approximate surface area is 107 Å². The van der Waals surface area contributed by atoms with Crippen molar-refractivity contribution < 1.29 is 4.39 Å². The van der Waals surface area contributed by atoms with E-state index in [0.717, 1.165) is 29.3 Å². The van der Waals surface area contributed by atoms with Crippen molar-refractivity contribution >= 4 is 10.9 Å². The third-order valence-corrected chi connectivity index (χ3v) is 4.12. The molecule has 18 heavy (non-hydrogen) atoms. The van der Waals surface area contributed by atoms with Crippen molar-refractivity contribution in [3.63, 3.8) is 0 Å². The highest BCUT2D eigenvalue weighted by atomic mass is 19.1. The third kappa shape index (κ3) is 1.74. The molecule has 1 saturated carbocycles. The molecule has 0 unspecified atom stereocenters. The molecule has 0 bridgehead atoms. The Bertz CT molecular complexity index is 579. The van der Waals surface area contributed by atoms with Crippen molar-refractivity contribution in [2.75, 3.05) is 14.1 Å². The zero-order chi connectivity index (χ0) is 12.9. The van der Waals surface area contributed by atoms with Gasteiger partial charge in [-0.3, -0.25) is 0 Å². The van der Waals surface area contributed by atoms with E-state index in [2.05, 4.69) is 29.6 Å². The van der Waals surface area contributed by atoms with Gasteiger partial charge in [0.2, 0.25) is 0 Å². The van der Waals surface area contributed by atoms with Gasteiger partial charge in [0.05, 0.1) is 5.52 Å². The highest BCUT2D eigenvalue weighted by Crippen LogP contribution is 2.37. The van der Waals surface area contributed by atoms with Gasteiger partial charge in [-0.05, 0) is 57.6 Å². The zero-order valence-corrected chi connectivity index (χ0v) is 11.2. The van der Waals surface area contributed by atoms with Crippen LogP contribution in [0.15, 0.2) is 24.4 Å². The van der Waals surface area contributed by atoms with E-state index in [-0.39, 0.29) is 5.82 Å². The molecule has 3 rings (SSSR count). The Morgan fingerprint density at radius 2 is 2.00 bits per heavy atom. The van der Waals surface area contributed by atoms with Crippen LogP contribution in [0.1, 0.15) is 24.4 Å². The van der Waals surface area contributed by atoms with E-state index >= 15 is 0 Å². The molecule has 0 atom stereocenters. The van der Waals surface area contributed by atoms with Gasteiger partial charge in [0.1, 0.15) is 5.82 Å². The Kier molecular flexibility index (Phi) is 2.67. The first-order valence-electron chi connectivity index (χ1n) is 6.49. The molecule has 1 heterocycles. The monoisotopic (exact) mass is 246 g/mol. The van der Waals surface area contributed by atoms with Crippen LogP contribution < -0.4 is 0 Å². The van der Waals surface area contributed by atoms with Gasteiger partial charge in [0.25, 0.3) is 0 Å². The maximum Gasteiger partial charge on any atom is 0.147 e. The number of halogens is 1. The Morgan fingerprint density at radius 3 is 2.67 bits per heavy atom. The van der Waals surface area contributed by atoms with Crippen LogP contribution in [-0.4, -0.2) is 29.6 Å². The van der Waals surface area contributed by atoms with Gasteiger partial charge in [0.15, 0.2) is 0 Å². The van der Waals surface area contributed by atoms with E-state index in [4.69, 9.17) is 0 Å². The number of rotatable bonds is 2. The zero-order valence-electron chi connectivity index (χ0n) is 11.2. The molecule has 0 amide bonds. The lowest BCUT2D eigenvalue weighted by molar-refractivity contribution is 0.131. The third-order valence-electron chi connectivity index (χ3n) is 4.12. The van der Waals surface area contributed by atoms with Gasteiger partial charge >= 0.3 is 0 Å². The minimum Gasteiger partial charge on any atom is -0.342 e. The van der Waals surface area contributed by atoms with E-state index in [1.165, 1.54) is 0 Å². The molecular formula is C15H19FN2. The molecule has 0 saturated heterocycles. The molecule has 1 aliphatic rings. The average Bonchev–Trinajstić information content (AvgIpc) is 2.58. The fraction of sp³-hybridized carbons (Fsp3) is 0.467. The summed E-state index contributed by atoms with van der Waals surface area (Å²) in [6.45, 7) is 1.94. The first kappa shape index (κ1) is 11.7. The first-order chi connectivity index (χ1) is 8.56. The van der Waals surface area contributed by atoms with Gasteiger partial charge in [-0.25, -0.2) is 4.39 Å². The summed E-state index contributed by atoms with van der Waals surface area (Å²) < 4.78 is 16.2. The molecule has 2 aromatic rings. The van der Waals surface area contributed by atoms with Crippen LogP contribution in [0, 0.1) is 12.7 Å². The summed E-state index contributed by atoms with van der Waals surface area (Å²) in [5.41, 5.74) is 1.75. The number of aryl methyl sites for hydroxylation is 1. The molecule has 1 aromatic carbocycles. The quantitative estimate of drug-likeness (QED) is 0.789. The molecule has 3 heteroatoms. The van der Waals surface area contributed by atoms with E-state index in [9.17, 15) is 4.39 Å². The number of hydrogen-bond acceptors (Lipinski definition) is 1. The molecule has 2 nitrogen and oxygen atoms in total. The smallest absolute Gasteiger partial charge is 0.147 e. The minimum atomic E-state index is -0.0942. The second-order valence-electron chi connectivity index (χ2n) is 5.65. The van der Waals surface area contributed by atoms with E-state index in [1.54, 1.807) is 6.07 Å². The Balaban J connectivity index is 1.95. The van der Waals surface area contributed by atoms with E-state index < -0.39 is 0 Å². The van der Waals surface area contributed by atoms with Crippen molar-refractivity contribution in [2.45, 2.75) is 31.8 Å². The van der Waals surface area contributed by atoms with E-state index in [0.29, 0.717) is 12.1 Å².